The van der Waals surface area contributed by atoms with Gasteiger partial charge in [-0.3, -0.25) is 9.36 Å². The summed E-state index contributed by atoms with van der Waals surface area (Å²) in [6, 6.07) is 17.5. The number of carbonyl (C=O) groups excluding carboxylic acids is 2. The number of hydrogen-bond acceptors (Lipinski definition) is 4. The molecule has 0 bridgehead atoms. The predicted molar refractivity (Wildman–Crippen MR) is 111 cm³/mol. The van der Waals surface area contributed by atoms with Crippen LogP contribution in [0, 0.1) is 18.6 Å². The molecule has 1 atom stereocenters. The molecule has 5 nitrogen and oxygen atoms in total. The second-order valence-electron chi connectivity index (χ2n) is 7.07. The van der Waals surface area contributed by atoms with Crippen LogP contribution in [0.25, 0.3) is 16.7 Å². The zero-order valence-corrected chi connectivity index (χ0v) is 16.8. The molecule has 0 aliphatic carbocycles. The summed E-state index contributed by atoms with van der Waals surface area (Å²) in [6.07, 6.45) is -1.17. The van der Waals surface area contributed by atoms with Crippen molar-refractivity contribution < 1.29 is 23.1 Å². The third-order valence-electron chi connectivity index (χ3n) is 4.93. The van der Waals surface area contributed by atoms with E-state index < -0.39 is 29.5 Å². The number of ether oxygens (including phenoxy) is 1. The second-order valence-corrected chi connectivity index (χ2v) is 7.07. The Morgan fingerprint density at radius 1 is 0.935 bits per heavy atom. The number of para-hydroxylation sites is 1. The van der Waals surface area contributed by atoms with Crippen LogP contribution in [0.2, 0.25) is 0 Å². The van der Waals surface area contributed by atoms with Gasteiger partial charge in [0.1, 0.15) is 5.82 Å². The lowest BCUT2D eigenvalue weighted by Gasteiger charge is -2.13. The van der Waals surface area contributed by atoms with Gasteiger partial charge in [0.15, 0.2) is 17.7 Å². The molecule has 4 rings (SSSR count). The minimum Gasteiger partial charge on any atom is -0.451 e. The monoisotopic (exact) mass is 420 g/mol. The predicted octanol–water partition coefficient (Wildman–Crippen LogP) is 5.04. The minimum absolute atomic E-state index is 0.0770. The van der Waals surface area contributed by atoms with Crippen LogP contribution in [0.3, 0.4) is 0 Å². The zero-order valence-electron chi connectivity index (χ0n) is 16.8. The van der Waals surface area contributed by atoms with Crippen molar-refractivity contribution >= 4 is 22.8 Å². The number of benzene rings is 3. The van der Waals surface area contributed by atoms with Crippen LogP contribution < -0.4 is 0 Å². The third kappa shape index (κ3) is 3.94. The number of Topliss-reactive ketones (excluding diaryl/α,β-unsaturated/α-hetero) is 1. The fraction of sp³-hybridized carbons (Fsp3) is 0.125. The Kier molecular flexibility index (Phi) is 5.33. The van der Waals surface area contributed by atoms with Gasteiger partial charge in [-0.15, -0.1) is 0 Å². The molecule has 0 unspecified atom stereocenters. The lowest BCUT2D eigenvalue weighted by Crippen LogP contribution is -2.24. The fourth-order valence-electron chi connectivity index (χ4n) is 3.40. The second kappa shape index (κ2) is 8.10. The Bertz CT molecular complexity index is 1300. The van der Waals surface area contributed by atoms with E-state index in [2.05, 4.69) is 4.98 Å². The first kappa shape index (κ1) is 20.4. The summed E-state index contributed by atoms with van der Waals surface area (Å²) in [5.74, 6) is -2.78. The van der Waals surface area contributed by atoms with E-state index in [1.54, 1.807) is 18.2 Å². The molecule has 0 aliphatic heterocycles. The Morgan fingerprint density at radius 3 is 2.35 bits per heavy atom. The Morgan fingerprint density at radius 2 is 1.65 bits per heavy atom. The average molecular weight is 420 g/mol. The number of aryl methyl sites for hydroxylation is 1. The first-order valence-corrected chi connectivity index (χ1v) is 9.60. The number of aromatic nitrogens is 2. The van der Waals surface area contributed by atoms with Crippen molar-refractivity contribution in [1.29, 1.82) is 0 Å². The van der Waals surface area contributed by atoms with Crippen LogP contribution in [-0.4, -0.2) is 27.4 Å². The largest absolute Gasteiger partial charge is 0.451 e. The van der Waals surface area contributed by atoms with Crippen molar-refractivity contribution in [2.45, 2.75) is 20.0 Å². The van der Waals surface area contributed by atoms with Crippen LogP contribution in [-0.2, 0) is 4.74 Å². The maximum atomic E-state index is 13.4. The van der Waals surface area contributed by atoms with Crippen LogP contribution in [0.1, 0.15) is 33.5 Å². The topological polar surface area (TPSA) is 61.2 Å². The summed E-state index contributed by atoms with van der Waals surface area (Å²) < 4.78 is 33.7. The first-order chi connectivity index (χ1) is 14.8. The molecule has 0 N–H and O–H groups in total. The van der Waals surface area contributed by atoms with Gasteiger partial charge in [0.05, 0.1) is 16.6 Å². The van der Waals surface area contributed by atoms with Gasteiger partial charge >= 0.3 is 5.97 Å². The van der Waals surface area contributed by atoms with Crippen LogP contribution >= 0.6 is 0 Å². The highest BCUT2D eigenvalue weighted by molar-refractivity contribution is 6.02. The zero-order chi connectivity index (χ0) is 22.1. The van der Waals surface area contributed by atoms with E-state index in [-0.39, 0.29) is 11.1 Å². The Labute approximate surface area is 176 Å². The molecule has 1 aromatic heterocycles. The van der Waals surface area contributed by atoms with Crippen molar-refractivity contribution in [3.05, 3.63) is 95.3 Å². The molecule has 0 amide bonds. The number of ketones is 1. The Balaban J connectivity index is 1.56. The van der Waals surface area contributed by atoms with Crippen LogP contribution in [0.4, 0.5) is 8.78 Å². The lowest BCUT2D eigenvalue weighted by atomic mass is 10.1. The van der Waals surface area contributed by atoms with E-state index in [1.165, 1.54) is 6.92 Å². The molecular weight excluding hydrogens is 402 g/mol. The molecule has 31 heavy (non-hydrogen) atoms. The maximum Gasteiger partial charge on any atom is 0.338 e. The van der Waals surface area contributed by atoms with Gasteiger partial charge < -0.3 is 4.74 Å². The van der Waals surface area contributed by atoms with Crippen LogP contribution in [0.15, 0.2) is 66.7 Å². The van der Waals surface area contributed by atoms with E-state index in [0.29, 0.717) is 5.52 Å². The van der Waals surface area contributed by atoms with Crippen molar-refractivity contribution in [2.75, 3.05) is 0 Å². The first-order valence-electron chi connectivity index (χ1n) is 9.60. The number of fused-ring (bicyclic) bond motifs is 1. The van der Waals surface area contributed by atoms with Gasteiger partial charge in [-0.25, -0.2) is 18.6 Å². The van der Waals surface area contributed by atoms with E-state index in [9.17, 15) is 18.4 Å². The van der Waals surface area contributed by atoms with Gasteiger partial charge in [-0.2, -0.15) is 0 Å². The summed E-state index contributed by atoms with van der Waals surface area (Å²) in [4.78, 5) is 29.5. The highest BCUT2D eigenvalue weighted by atomic mass is 19.2. The highest BCUT2D eigenvalue weighted by Gasteiger charge is 2.22. The molecule has 0 fully saturated rings. The van der Waals surface area contributed by atoms with Gasteiger partial charge in [0.25, 0.3) is 0 Å². The molecule has 0 saturated carbocycles. The molecule has 156 valence electrons. The summed E-state index contributed by atoms with van der Waals surface area (Å²) >= 11 is 0. The summed E-state index contributed by atoms with van der Waals surface area (Å²) in [7, 11) is 0. The number of halogens is 2. The molecule has 1 heterocycles. The number of hydrogen-bond donors (Lipinski definition) is 0. The number of imidazole rings is 1. The van der Waals surface area contributed by atoms with Crippen molar-refractivity contribution in [3.63, 3.8) is 0 Å². The summed E-state index contributed by atoms with van der Waals surface area (Å²) in [5.41, 5.74) is 2.53. The quantitative estimate of drug-likeness (QED) is 0.335. The third-order valence-corrected chi connectivity index (χ3v) is 4.93. The molecule has 0 aliphatic rings. The Hall–Kier alpha value is -3.87. The standard InChI is InChI=1S/C24H18F2N2O3/c1-14(23(29)16-8-10-19(25)20(26)12-16)31-24(30)17-9-11-22-21(13-17)27-15(2)28(22)18-6-4-3-5-7-18/h3-14H,1-2H3/t14-/m0/s1. The van der Waals surface area contributed by atoms with E-state index >= 15 is 0 Å². The fourth-order valence-corrected chi connectivity index (χ4v) is 3.40. The smallest absolute Gasteiger partial charge is 0.338 e. The number of nitrogens with zero attached hydrogens (tertiary/aromatic N) is 2. The highest BCUT2D eigenvalue weighted by Crippen LogP contribution is 2.23. The van der Waals surface area contributed by atoms with Crippen molar-refractivity contribution in [2.24, 2.45) is 0 Å². The maximum absolute atomic E-state index is 13.4. The number of carbonyl (C=O) groups is 2. The molecule has 3 aromatic carbocycles. The molecular formula is C24H18F2N2O3. The van der Waals surface area contributed by atoms with Gasteiger partial charge in [0.2, 0.25) is 5.78 Å². The molecule has 0 saturated heterocycles. The van der Waals surface area contributed by atoms with E-state index in [0.717, 1.165) is 35.2 Å². The van der Waals surface area contributed by atoms with E-state index in [4.69, 9.17) is 4.74 Å². The summed E-state index contributed by atoms with van der Waals surface area (Å²) in [5, 5.41) is 0. The number of rotatable bonds is 5. The van der Waals surface area contributed by atoms with Crippen molar-refractivity contribution in [1.82, 2.24) is 9.55 Å². The van der Waals surface area contributed by atoms with Gasteiger partial charge in [-0.05, 0) is 62.4 Å². The average Bonchev–Trinajstić information content (AvgIpc) is 3.10. The molecule has 7 heteroatoms. The van der Waals surface area contributed by atoms with E-state index in [1.807, 2.05) is 41.8 Å². The molecule has 0 radical (unpaired) electrons. The molecule has 4 aromatic rings. The van der Waals surface area contributed by atoms with Crippen molar-refractivity contribution in [3.8, 4) is 5.69 Å². The van der Waals surface area contributed by atoms with Gasteiger partial charge in [-0.1, -0.05) is 18.2 Å². The normalized spacial score (nSPS) is 12.0. The minimum atomic E-state index is -1.17. The SMILES string of the molecule is Cc1nc2cc(C(=O)O[C@@H](C)C(=O)c3ccc(F)c(F)c3)ccc2n1-c1ccccc1. The summed E-state index contributed by atoms with van der Waals surface area (Å²) in [6.45, 7) is 3.25. The number of esters is 1. The van der Waals surface area contributed by atoms with Gasteiger partial charge in [0, 0.05) is 11.3 Å². The van der Waals surface area contributed by atoms with Crippen LogP contribution in [0.5, 0.6) is 0 Å². The molecule has 0 spiro atoms. The lowest BCUT2D eigenvalue weighted by molar-refractivity contribution is 0.0319.